The van der Waals surface area contributed by atoms with Gasteiger partial charge in [0.25, 0.3) is 5.91 Å². The second-order valence-corrected chi connectivity index (χ2v) is 11.9. The van der Waals surface area contributed by atoms with E-state index < -0.39 is 0 Å². The molecule has 0 spiro atoms. The monoisotopic (exact) mass is 563 g/mol. The fourth-order valence-corrected chi connectivity index (χ4v) is 6.91. The molecule has 0 atom stereocenters. The number of piperidine rings is 1. The van der Waals surface area contributed by atoms with Crippen LogP contribution in [0.2, 0.25) is 0 Å². The van der Waals surface area contributed by atoms with Gasteiger partial charge in [-0.2, -0.15) is 0 Å². The molecule has 0 saturated carbocycles. The molecule has 0 bridgehead atoms. The van der Waals surface area contributed by atoms with Gasteiger partial charge in [-0.3, -0.25) is 9.59 Å². The fourth-order valence-electron chi connectivity index (χ4n) is 4.75. The van der Waals surface area contributed by atoms with Crippen molar-refractivity contribution in [2.24, 2.45) is 5.92 Å². The van der Waals surface area contributed by atoms with Crippen LogP contribution in [0.1, 0.15) is 34.0 Å². The number of thiazole rings is 1. The number of nitrogens with zero attached hydrogens (tertiary/aromatic N) is 4. The van der Waals surface area contributed by atoms with Crippen molar-refractivity contribution < 1.29 is 18.4 Å². The molecule has 0 aliphatic carbocycles. The first-order valence-corrected chi connectivity index (χ1v) is 14.3. The molecule has 200 valence electrons. The quantitative estimate of drug-likeness (QED) is 0.281. The number of carbonyl (C=O) groups excluding carboxylic acids is 2. The van der Waals surface area contributed by atoms with Gasteiger partial charge in [-0.15, -0.1) is 11.3 Å². The number of aromatic nitrogens is 2. The lowest BCUT2D eigenvalue weighted by molar-refractivity contribution is -0.133. The molecular formula is C28H26FN5O3S2. The summed E-state index contributed by atoms with van der Waals surface area (Å²) in [6.07, 6.45) is 2.09. The van der Waals surface area contributed by atoms with Crippen molar-refractivity contribution in [2.45, 2.75) is 19.3 Å². The van der Waals surface area contributed by atoms with Crippen LogP contribution < -0.4 is 10.2 Å². The predicted molar refractivity (Wildman–Crippen MR) is 152 cm³/mol. The van der Waals surface area contributed by atoms with E-state index in [2.05, 4.69) is 15.2 Å². The molecule has 0 unspecified atom stereocenters. The molecular weight excluding hydrogens is 537 g/mol. The molecule has 3 aromatic heterocycles. The summed E-state index contributed by atoms with van der Waals surface area (Å²) >= 11 is 2.94. The van der Waals surface area contributed by atoms with E-state index in [1.165, 1.54) is 23.5 Å². The number of fused-ring (bicyclic) bond motifs is 2. The number of halogens is 1. The highest BCUT2D eigenvalue weighted by molar-refractivity contribution is 7.29. The Morgan fingerprint density at radius 1 is 1.08 bits per heavy atom. The first-order valence-electron chi connectivity index (χ1n) is 12.6. The van der Waals surface area contributed by atoms with Crippen LogP contribution in [-0.4, -0.2) is 53.9 Å². The van der Waals surface area contributed by atoms with Crippen LogP contribution in [0.4, 0.5) is 15.2 Å². The van der Waals surface area contributed by atoms with Crippen LogP contribution in [0.25, 0.3) is 20.6 Å². The van der Waals surface area contributed by atoms with Crippen LogP contribution in [0.3, 0.4) is 0 Å². The number of amides is 2. The van der Waals surface area contributed by atoms with E-state index in [0.717, 1.165) is 46.2 Å². The van der Waals surface area contributed by atoms with Crippen molar-refractivity contribution in [3.8, 4) is 0 Å². The average molecular weight is 564 g/mol. The first kappa shape index (κ1) is 25.4. The number of benzene rings is 2. The Bertz CT molecular complexity index is 1630. The SMILES string of the molecule is CN(C)C(=O)C1CCN(c2nc3sc(C(=O)Nc4ccc5oc(Cc6ccc(F)cc6)nc5c4)cc3s2)CC1. The number of rotatable bonds is 6. The lowest BCUT2D eigenvalue weighted by Crippen LogP contribution is -2.40. The predicted octanol–water partition coefficient (Wildman–Crippen LogP) is 5.79. The van der Waals surface area contributed by atoms with Gasteiger partial charge in [0.15, 0.2) is 16.6 Å². The van der Waals surface area contributed by atoms with Crippen molar-refractivity contribution >= 4 is 65.9 Å². The maximum Gasteiger partial charge on any atom is 0.265 e. The summed E-state index contributed by atoms with van der Waals surface area (Å²) in [5.74, 6) is 0.301. The van der Waals surface area contributed by atoms with Crippen LogP contribution in [-0.2, 0) is 11.2 Å². The minimum atomic E-state index is -0.284. The summed E-state index contributed by atoms with van der Waals surface area (Å²) in [4.78, 5) is 39.9. The number of hydrogen-bond donors (Lipinski definition) is 1. The van der Waals surface area contributed by atoms with E-state index in [1.54, 1.807) is 60.7 Å². The van der Waals surface area contributed by atoms with Crippen molar-refractivity contribution in [3.63, 3.8) is 0 Å². The number of anilines is 2. The highest BCUT2D eigenvalue weighted by atomic mass is 32.1. The normalized spacial score (nSPS) is 14.3. The Labute approximate surface area is 232 Å². The number of thiophene rings is 1. The van der Waals surface area contributed by atoms with Gasteiger partial charge in [-0.05, 0) is 54.8 Å². The van der Waals surface area contributed by atoms with E-state index in [1.807, 2.05) is 6.07 Å². The van der Waals surface area contributed by atoms with Gasteiger partial charge in [0.2, 0.25) is 5.91 Å². The Hall–Kier alpha value is -3.83. The molecule has 2 aromatic carbocycles. The van der Waals surface area contributed by atoms with E-state index >= 15 is 0 Å². The highest BCUT2D eigenvalue weighted by Gasteiger charge is 2.28. The van der Waals surface area contributed by atoms with Crippen LogP contribution >= 0.6 is 22.7 Å². The third-order valence-corrected chi connectivity index (χ3v) is 9.04. The molecule has 1 fully saturated rings. The molecule has 1 aliphatic rings. The van der Waals surface area contributed by atoms with Gasteiger partial charge < -0.3 is 19.5 Å². The van der Waals surface area contributed by atoms with Crippen LogP contribution in [0.15, 0.2) is 52.9 Å². The summed E-state index contributed by atoms with van der Waals surface area (Å²) in [5, 5.41) is 3.88. The van der Waals surface area contributed by atoms with Gasteiger partial charge in [0, 0.05) is 45.2 Å². The standard InChI is InChI=1S/C28H26FN5O3S2/c1-33(2)27(36)17-9-11-34(12-10-17)28-32-26-23(39-28)15-22(38-26)25(35)30-19-7-8-21-20(14-19)31-24(37-21)13-16-3-5-18(29)6-4-16/h3-8,14-15,17H,9-13H2,1-2H3,(H,30,35). The Balaban J connectivity index is 1.10. The largest absolute Gasteiger partial charge is 0.440 e. The number of carbonyl (C=O) groups is 2. The third kappa shape index (κ3) is 5.37. The van der Waals surface area contributed by atoms with Gasteiger partial charge in [0.1, 0.15) is 16.2 Å². The lowest BCUT2D eigenvalue weighted by atomic mass is 9.96. The second-order valence-electron chi connectivity index (χ2n) is 9.82. The van der Waals surface area contributed by atoms with Gasteiger partial charge in [0.05, 0.1) is 9.58 Å². The molecule has 1 aliphatic heterocycles. The molecule has 39 heavy (non-hydrogen) atoms. The average Bonchev–Trinajstić information content (AvgIpc) is 3.62. The van der Waals surface area contributed by atoms with E-state index in [4.69, 9.17) is 9.40 Å². The molecule has 4 heterocycles. The summed E-state index contributed by atoms with van der Waals surface area (Å²) in [6, 6.07) is 13.5. The molecule has 8 nitrogen and oxygen atoms in total. The van der Waals surface area contributed by atoms with Crippen molar-refractivity contribution in [3.05, 3.63) is 70.7 Å². The summed E-state index contributed by atoms with van der Waals surface area (Å²) in [6.45, 7) is 1.60. The summed E-state index contributed by atoms with van der Waals surface area (Å²) < 4.78 is 20.0. The molecule has 2 amide bonds. The van der Waals surface area contributed by atoms with Gasteiger partial charge >= 0.3 is 0 Å². The Morgan fingerprint density at radius 3 is 2.56 bits per heavy atom. The molecule has 6 rings (SSSR count). The number of hydrogen-bond acceptors (Lipinski definition) is 8. The Kier molecular flexibility index (Phi) is 6.78. The van der Waals surface area contributed by atoms with E-state index in [9.17, 15) is 14.0 Å². The van der Waals surface area contributed by atoms with Crippen molar-refractivity contribution in [1.82, 2.24) is 14.9 Å². The topological polar surface area (TPSA) is 91.6 Å². The molecule has 5 aromatic rings. The smallest absolute Gasteiger partial charge is 0.265 e. The lowest BCUT2D eigenvalue weighted by Gasteiger charge is -2.32. The minimum Gasteiger partial charge on any atom is -0.440 e. The molecule has 11 heteroatoms. The first-order chi connectivity index (χ1) is 18.8. The van der Waals surface area contributed by atoms with Crippen molar-refractivity contribution in [2.75, 3.05) is 37.4 Å². The summed E-state index contributed by atoms with van der Waals surface area (Å²) in [7, 11) is 3.61. The van der Waals surface area contributed by atoms with E-state index in [0.29, 0.717) is 34.0 Å². The second kappa shape index (κ2) is 10.4. The zero-order valence-corrected chi connectivity index (χ0v) is 23.1. The Morgan fingerprint density at radius 2 is 1.85 bits per heavy atom. The van der Waals surface area contributed by atoms with Gasteiger partial charge in [-0.1, -0.05) is 23.5 Å². The zero-order valence-electron chi connectivity index (χ0n) is 21.4. The van der Waals surface area contributed by atoms with Crippen LogP contribution in [0, 0.1) is 11.7 Å². The van der Waals surface area contributed by atoms with E-state index in [-0.39, 0.29) is 23.5 Å². The number of oxazole rings is 1. The third-order valence-electron chi connectivity index (χ3n) is 6.82. The fraction of sp³-hybridized carbons (Fsp3) is 0.286. The molecule has 1 saturated heterocycles. The van der Waals surface area contributed by atoms with Gasteiger partial charge in [-0.25, -0.2) is 14.4 Å². The molecule has 1 N–H and O–H groups in total. The maximum atomic E-state index is 13.2. The molecule has 0 radical (unpaired) electrons. The maximum absolute atomic E-state index is 13.2. The number of nitrogens with one attached hydrogen (secondary N) is 1. The zero-order chi connectivity index (χ0) is 27.1. The van der Waals surface area contributed by atoms with Crippen molar-refractivity contribution in [1.29, 1.82) is 0 Å². The minimum absolute atomic E-state index is 0.0745. The summed E-state index contributed by atoms with van der Waals surface area (Å²) in [5.41, 5.74) is 2.78. The highest BCUT2D eigenvalue weighted by Crippen LogP contribution is 2.36. The van der Waals surface area contributed by atoms with Crippen LogP contribution in [0.5, 0.6) is 0 Å².